The van der Waals surface area contributed by atoms with Crippen LogP contribution in [-0.4, -0.2) is 15.0 Å². The molecule has 4 nitrogen and oxygen atoms in total. The molecule has 0 amide bonds. The van der Waals surface area contributed by atoms with Gasteiger partial charge in [0, 0.05) is 13.0 Å². The molecule has 0 fully saturated rings. The Kier molecular flexibility index (Phi) is 4.91. The number of hydrogen-bond acceptors (Lipinski definition) is 3. The Labute approximate surface area is 108 Å². The summed E-state index contributed by atoms with van der Waals surface area (Å²) < 4.78 is 26.3. The van der Waals surface area contributed by atoms with Crippen molar-refractivity contribution >= 4 is 10.0 Å². The molecule has 0 saturated carbocycles. The summed E-state index contributed by atoms with van der Waals surface area (Å²) in [5.41, 5.74) is 1.12. The van der Waals surface area contributed by atoms with E-state index in [-0.39, 0.29) is 4.90 Å². The lowest BCUT2D eigenvalue weighted by molar-refractivity contribution is 0.579. The fraction of sp³-hybridized carbons (Fsp3) is 0.308. The topological polar surface area (TPSA) is 70.0 Å². The van der Waals surface area contributed by atoms with Gasteiger partial charge in [0.1, 0.15) is 0 Å². The molecule has 0 heterocycles. The lowest BCUT2D eigenvalue weighted by Gasteiger charge is -2.07. The lowest BCUT2D eigenvalue weighted by atomic mass is 10.1. The fourth-order valence-corrected chi connectivity index (χ4v) is 2.57. The minimum absolute atomic E-state index is 0.166. The first-order chi connectivity index (χ1) is 8.51. The SMILES string of the molecule is C#CCCCNS(=O)(=O)c1ccc(C#N)c(C)c1. The van der Waals surface area contributed by atoms with Gasteiger partial charge in [-0.05, 0) is 37.1 Å². The maximum Gasteiger partial charge on any atom is 0.240 e. The van der Waals surface area contributed by atoms with Gasteiger partial charge in [-0.1, -0.05) is 0 Å². The normalized spacial score (nSPS) is 10.6. The van der Waals surface area contributed by atoms with Crippen molar-refractivity contribution in [1.82, 2.24) is 4.72 Å². The Morgan fingerprint density at radius 3 is 2.72 bits per heavy atom. The first-order valence-corrected chi connectivity index (χ1v) is 6.93. The zero-order valence-electron chi connectivity index (χ0n) is 10.1. The molecule has 0 aliphatic carbocycles. The number of aryl methyl sites for hydroxylation is 1. The van der Waals surface area contributed by atoms with Crippen LogP contribution < -0.4 is 4.72 Å². The van der Waals surface area contributed by atoms with Crippen molar-refractivity contribution in [3.63, 3.8) is 0 Å². The Bertz CT molecular complexity index is 607. The number of rotatable bonds is 5. The van der Waals surface area contributed by atoms with Crippen LogP contribution in [0.15, 0.2) is 23.1 Å². The number of nitrogens with one attached hydrogen (secondary N) is 1. The van der Waals surface area contributed by atoms with Crippen LogP contribution in [0.1, 0.15) is 24.0 Å². The summed E-state index contributed by atoms with van der Waals surface area (Å²) >= 11 is 0. The van der Waals surface area contributed by atoms with E-state index in [1.165, 1.54) is 18.2 Å². The minimum Gasteiger partial charge on any atom is -0.211 e. The number of hydrogen-bond donors (Lipinski definition) is 1. The van der Waals surface area contributed by atoms with E-state index in [1.807, 2.05) is 6.07 Å². The molecular formula is C13H14N2O2S. The van der Waals surface area contributed by atoms with Gasteiger partial charge in [0.15, 0.2) is 0 Å². The van der Waals surface area contributed by atoms with Gasteiger partial charge in [-0.25, -0.2) is 13.1 Å². The van der Waals surface area contributed by atoms with Gasteiger partial charge >= 0.3 is 0 Å². The maximum absolute atomic E-state index is 11.9. The quantitative estimate of drug-likeness (QED) is 0.646. The Morgan fingerprint density at radius 1 is 1.44 bits per heavy atom. The molecule has 1 aromatic rings. The molecule has 5 heteroatoms. The molecule has 0 bridgehead atoms. The van der Waals surface area contributed by atoms with Gasteiger partial charge < -0.3 is 0 Å². The monoisotopic (exact) mass is 262 g/mol. The van der Waals surface area contributed by atoms with Gasteiger partial charge in [0.2, 0.25) is 10.0 Å². The van der Waals surface area contributed by atoms with Crippen LogP contribution in [0.25, 0.3) is 0 Å². The van der Waals surface area contributed by atoms with E-state index in [0.717, 1.165) is 0 Å². The third-order valence-electron chi connectivity index (χ3n) is 2.42. The van der Waals surface area contributed by atoms with Crippen LogP contribution in [0.5, 0.6) is 0 Å². The van der Waals surface area contributed by atoms with Crippen molar-refractivity contribution < 1.29 is 8.42 Å². The van der Waals surface area contributed by atoms with Gasteiger partial charge in [-0.2, -0.15) is 5.26 Å². The second kappa shape index (κ2) is 6.20. The lowest BCUT2D eigenvalue weighted by Crippen LogP contribution is -2.24. The molecule has 0 spiro atoms. The van der Waals surface area contributed by atoms with Gasteiger partial charge in [0.05, 0.1) is 16.5 Å². The summed E-state index contributed by atoms with van der Waals surface area (Å²) in [7, 11) is -3.52. The van der Waals surface area contributed by atoms with Gasteiger partial charge in [-0.15, -0.1) is 12.3 Å². The number of nitriles is 1. The van der Waals surface area contributed by atoms with Crippen LogP contribution in [-0.2, 0) is 10.0 Å². The molecule has 0 unspecified atom stereocenters. The highest BCUT2D eigenvalue weighted by molar-refractivity contribution is 7.89. The molecule has 0 atom stereocenters. The smallest absolute Gasteiger partial charge is 0.211 e. The Hall–Kier alpha value is -1.82. The zero-order chi connectivity index (χ0) is 13.6. The van der Waals surface area contributed by atoms with E-state index in [4.69, 9.17) is 11.7 Å². The second-order valence-corrected chi connectivity index (χ2v) is 5.56. The van der Waals surface area contributed by atoms with E-state index in [0.29, 0.717) is 30.5 Å². The highest BCUT2D eigenvalue weighted by atomic mass is 32.2. The molecule has 1 N–H and O–H groups in total. The van der Waals surface area contributed by atoms with Crippen molar-refractivity contribution in [2.75, 3.05) is 6.54 Å². The van der Waals surface area contributed by atoms with Crippen molar-refractivity contribution in [3.05, 3.63) is 29.3 Å². The Morgan fingerprint density at radius 2 is 2.17 bits per heavy atom. The summed E-state index contributed by atoms with van der Waals surface area (Å²) in [5.74, 6) is 2.45. The molecule has 0 radical (unpaired) electrons. The first kappa shape index (κ1) is 14.2. The molecule has 0 aliphatic rings. The number of nitrogens with zero attached hydrogens (tertiary/aromatic N) is 1. The Balaban J connectivity index is 2.84. The average Bonchev–Trinajstić information content (AvgIpc) is 2.34. The van der Waals surface area contributed by atoms with Crippen molar-refractivity contribution in [3.8, 4) is 18.4 Å². The molecule has 1 aromatic carbocycles. The summed E-state index contributed by atoms with van der Waals surface area (Å²) in [4.78, 5) is 0.166. The largest absolute Gasteiger partial charge is 0.240 e. The number of benzene rings is 1. The maximum atomic E-state index is 11.9. The third kappa shape index (κ3) is 3.59. The fourth-order valence-electron chi connectivity index (χ4n) is 1.41. The summed E-state index contributed by atoms with van der Waals surface area (Å²) in [6.45, 7) is 2.02. The molecule has 1 rings (SSSR count). The third-order valence-corrected chi connectivity index (χ3v) is 3.88. The summed E-state index contributed by atoms with van der Waals surface area (Å²) in [5, 5.41) is 8.78. The average molecular weight is 262 g/mol. The highest BCUT2D eigenvalue weighted by Crippen LogP contribution is 2.14. The summed E-state index contributed by atoms with van der Waals surface area (Å²) in [6, 6.07) is 6.42. The number of terminal acetylenes is 1. The molecule has 94 valence electrons. The number of sulfonamides is 1. The number of unbranched alkanes of at least 4 members (excludes halogenated alkanes) is 1. The van der Waals surface area contributed by atoms with E-state index >= 15 is 0 Å². The van der Waals surface area contributed by atoms with E-state index in [1.54, 1.807) is 6.92 Å². The van der Waals surface area contributed by atoms with E-state index in [2.05, 4.69) is 10.6 Å². The standard InChI is InChI=1S/C13H14N2O2S/c1-3-4-5-8-15-18(16,17)13-7-6-12(10-14)11(2)9-13/h1,6-7,9,15H,4-5,8H2,2H3. The van der Waals surface area contributed by atoms with Gasteiger partial charge in [0.25, 0.3) is 0 Å². The first-order valence-electron chi connectivity index (χ1n) is 5.45. The molecular weight excluding hydrogens is 248 g/mol. The van der Waals surface area contributed by atoms with Crippen molar-refractivity contribution in [2.24, 2.45) is 0 Å². The zero-order valence-corrected chi connectivity index (χ0v) is 10.9. The predicted molar refractivity (Wildman–Crippen MR) is 69.1 cm³/mol. The van der Waals surface area contributed by atoms with E-state index < -0.39 is 10.0 Å². The minimum atomic E-state index is -3.52. The van der Waals surface area contributed by atoms with E-state index in [9.17, 15) is 8.42 Å². The summed E-state index contributed by atoms with van der Waals surface area (Å²) in [6.07, 6.45) is 6.22. The van der Waals surface area contributed by atoms with Crippen LogP contribution in [0.2, 0.25) is 0 Å². The predicted octanol–water partition coefficient (Wildman–Crippen LogP) is 1.56. The molecule has 18 heavy (non-hydrogen) atoms. The van der Waals surface area contributed by atoms with Crippen molar-refractivity contribution in [2.45, 2.75) is 24.7 Å². The van der Waals surface area contributed by atoms with Gasteiger partial charge in [-0.3, -0.25) is 0 Å². The van der Waals surface area contributed by atoms with Crippen LogP contribution in [0, 0.1) is 30.6 Å². The molecule has 0 aromatic heterocycles. The molecule has 0 aliphatic heterocycles. The van der Waals surface area contributed by atoms with Crippen LogP contribution >= 0.6 is 0 Å². The molecule has 0 saturated heterocycles. The highest BCUT2D eigenvalue weighted by Gasteiger charge is 2.14. The van der Waals surface area contributed by atoms with Crippen LogP contribution in [0.4, 0.5) is 0 Å². The van der Waals surface area contributed by atoms with Crippen LogP contribution in [0.3, 0.4) is 0 Å². The second-order valence-electron chi connectivity index (χ2n) is 3.79. The van der Waals surface area contributed by atoms with Crippen molar-refractivity contribution in [1.29, 1.82) is 5.26 Å².